The summed E-state index contributed by atoms with van der Waals surface area (Å²) >= 11 is 0. The second kappa shape index (κ2) is 4.96. The first-order valence-electron chi connectivity index (χ1n) is 7.92. The third-order valence-corrected chi connectivity index (χ3v) is 5.62. The van der Waals surface area contributed by atoms with E-state index in [0.717, 1.165) is 17.8 Å². The van der Waals surface area contributed by atoms with Gasteiger partial charge >= 0.3 is 0 Å². The summed E-state index contributed by atoms with van der Waals surface area (Å²) in [5.41, 5.74) is 6.47. The van der Waals surface area contributed by atoms with Crippen LogP contribution >= 0.6 is 0 Å². The zero-order valence-electron chi connectivity index (χ0n) is 13.8. The van der Waals surface area contributed by atoms with Gasteiger partial charge in [-0.05, 0) is 67.2 Å². The fourth-order valence-corrected chi connectivity index (χ4v) is 4.36. The summed E-state index contributed by atoms with van der Waals surface area (Å²) < 4.78 is 0. The molecule has 2 rings (SSSR count). The zero-order valence-corrected chi connectivity index (χ0v) is 13.8. The van der Waals surface area contributed by atoms with Crippen LogP contribution in [0, 0.1) is 38.5 Å². The van der Waals surface area contributed by atoms with Crippen LogP contribution in [0.15, 0.2) is 12.1 Å². The van der Waals surface area contributed by atoms with Crippen LogP contribution in [0.2, 0.25) is 0 Å². The van der Waals surface area contributed by atoms with Gasteiger partial charge in [-0.1, -0.05) is 46.2 Å². The highest BCUT2D eigenvalue weighted by Crippen LogP contribution is 2.64. The van der Waals surface area contributed by atoms with Gasteiger partial charge < -0.3 is 0 Å². The second-order valence-electron chi connectivity index (χ2n) is 7.18. The van der Waals surface area contributed by atoms with Gasteiger partial charge in [0.05, 0.1) is 0 Å². The van der Waals surface area contributed by atoms with E-state index in [2.05, 4.69) is 60.6 Å². The smallest absolute Gasteiger partial charge is 0.00152 e. The third kappa shape index (κ3) is 2.24. The standard InChI is InChI=1S/C19H30/c1-8-18-16(7)19(18,11-12(2)3)17-9-13(4)15(6)14(5)10-17/h9-10,12,16,18H,8,11H2,1-7H3. The molecule has 106 valence electrons. The quantitative estimate of drug-likeness (QED) is 0.662. The van der Waals surface area contributed by atoms with Crippen LogP contribution in [0.25, 0.3) is 0 Å². The van der Waals surface area contributed by atoms with Crippen LogP contribution in [0.3, 0.4) is 0 Å². The van der Waals surface area contributed by atoms with Crippen molar-refractivity contribution < 1.29 is 0 Å². The fraction of sp³-hybridized carbons (Fsp3) is 0.684. The van der Waals surface area contributed by atoms with E-state index in [-0.39, 0.29) is 0 Å². The molecule has 0 nitrogen and oxygen atoms in total. The Hall–Kier alpha value is -0.780. The van der Waals surface area contributed by atoms with E-state index in [0.29, 0.717) is 5.41 Å². The Bertz CT molecular complexity index is 446. The molecule has 3 atom stereocenters. The van der Waals surface area contributed by atoms with E-state index in [1.807, 2.05) is 0 Å². The molecule has 1 fully saturated rings. The molecule has 1 aromatic rings. The first-order valence-corrected chi connectivity index (χ1v) is 7.92. The highest BCUT2D eigenvalue weighted by atomic mass is 14.6. The van der Waals surface area contributed by atoms with Gasteiger partial charge in [-0.2, -0.15) is 0 Å². The van der Waals surface area contributed by atoms with E-state index in [9.17, 15) is 0 Å². The number of hydrogen-bond donors (Lipinski definition) is 0. The normalized spacial score (nSPS) is 29.9. The highest BCUT2D eigenvalue weighted by Gasteiger charge is 2.61. The molecule has 0 radical (unpaired) electrons. The Morgan fingerprint density at radius 2 is 1.63 bits per heavy atom. The number of rotatable bonds is 4. The Kier molecular flexibility index (Phi) is 3.82. The van der Waals surface area contributed by atoms with Crippen molar-refractivity contribution in [3.8, 4) is 0 Å². The summed E-state index contributed by atoms with van der Waals surface area (Å²) in [6.45, 7) is 16.3. The topological polar surface area (TPSA) is 0 Å². The SMILES string of the molecule is CCC1C(C)C1(CC(C)C)c1cc(C)c(C)c(C)c1. The predicted molar refractivity (Wildman–Crippen MR) is 84.7 cm³/mol. The van der Waals surface area contributed by atoms with Crippen LogP contribution in [0.1, 0.15) is 62.8 Å². The van der Waals surface area contributed by atoms with Crippen molar-refractivity contribution in [3.63, 3.8) is 0 Å². The Morgan fingerprint density at radius 1 is 1.11 bits per heavy atom. The second-order valence-corrected chi connectivity index (χ2v) is 7.18. The number of benzene rings is 1. The van der Waals surface area contributed by atoms with Crippen LogP contribution in [0.4, 0.5) is 0 Å². The predicted octanol–water partition coefficient (Wildman–Crippen LogP) is 5.57. The van der Waals surface area contributed by atoms with Gasteiger partial charge in [0.15, 0.2) is 0 Å². The minimum Gasteiger partial charge on any atom is -0.0651 e. The van der Waals surface area contributed by atoms with Crippen LogP contribution in [0.5, 0.6) is 0 Å². The minimum absolute atomic E-state index is 0.464. The van der Waals surface area contributed by atoms with Crippen LogP contribution < -0.4 is 0 Å². The molecular formula is C19H30. The Balaban J connectivity index is 2.47. The molecule has 0 aliphatic heterocycles. The molecule has 0 spiro atoms. The lowest BCUT2D eigenvalue weighted by atomic mass is 9.81. The average Bonchev–Trinajstić information content (AvgIpc) is 2.89. The van der Waals surface area contributed by atoms with E-state index in [1.165, 1.54) is 29.5 Å². The largest absolute Gasteiger partial charge is 0.0651 e. The summed E-state index contributed by atoms with van der Waals surface area (Å²) in [5, 5.41) is 0. The monoisotopic (exact) mass is 258 g/mol. The van der Waals surface area contributed by atoms with Crippen LogP contribution in [-0.2, 0) is 5.41 Å². The van der Waals surface area contributed by atoms with Gasteiger partial charge in [0, 0.05) is 5.41 Å². The maximum atomic E-state index is 2.47. The van der Waals surface area contributed by atoms with E-state index in [4.69, 9.17) is 0 Å². The lowest BCUT2D eigenvalue weighted by Gasteiger charge is -2.23. The molecule has 19 heavy (non-hydrogen) atoms. The number of hydrogen-bond acceptors (Lipinski definition) is 0. The average molecular weight is 258 g/mol. The summed E-state index contributed by atoms with van der Waals surface area (Å²) in [6, 6.07) is 4.94. The molecule has 0 saturated heterocycles. The molecule has 1 aliphatic rings. The van der Waals surface area contributed by atoms with Gasteiger partial charge in [-0.15, -0.1) is 0 Å². The van der Waals surface area contributed by atoms with Crippen molar-refractivity contribution in [1.82, 2.24) is 0 Å². The molecule has 1 saturated carbocycles. The first kappa shape index (κ1) is 14.6. The van der Waals surface area contributed by atoms with Crippen LogP contribution in [-0.4, -0.2) is 0 Å². The summed E-state index contributed by atoms with van der Waals surface area (Å²) in [6.07, 6.45) is 2.66. The lowest BCUT2D eigenvalue weighted by Crippen LogP contribution is -2.16. The summed E-state index contributed by atoms with van der Waals surface area (Å²) in [4.78, 5) is 0. The molecule has 0 N–H and O–H groups in total. The molecule has 0 heterocycles. The van der Waals surface area contributed by atoms with Crippen molar-refractivity contribution in [2.45, 2.75) is 66.7 Å². The van der Waals surface area contributed by atoms with E-state index >= 15 is 0 Å². The first-order chi connectivity index (χ1) is 8.84. The van der Waals surface area contributed by atoms with E-state index in [1.54, 1.807) is 5.56 Å². The zero-order chi connectivity index (χ0) is 14.4. The summed E-state index contributed by atoms with van der Waals surface area (Å²) in [5.74, 6) is 2.51. The van der Waals surface area contributed by atoms with Crippen molar-refractivity contribution >= 4 is 0 Å². The highest BCUT2D eigenvalue weighted by molar-refractivity contribution is 5.44. The lowest BCUT2D eigenvalue weighted by molar-refractivity contribution is 0.441. The van der Waals surface area contributed by atoms with Crippen molar-refractivity contribution in [3.05, 3.63) is 34.4 Å². The molecule has 1 aromatic carbocycles. The Labute approximate surface area is 119 Å². The molecular weight excluding hydrogens is 228 g/mol. The van der Waals surface area contributed by atoms with Gasteiger partial charge in [0.25, 0.3) is 0 Å². The van der Waals surface area contributed by atoms with Crippen molar-refractivity contribution in [1.29, 1.82) is 0 Å². The van der Waals surface area contributed by atoms with E-state index < -0.39 is 0 Å². The van der Waals surface area contributed by atoms with Gasteiger partial charge in [0.2, 0.25) is 0 Å². The Morgan fingerprint density at radius 3 is 2.00 bits per heavy atom. The molecule has 1 aliphatic carbocycles. The van der Waals surface area contributed by atoms with Crippen molar-refractivity contribution in [2.24, 2.45) is 17.8 Å². The molecule has 0 amide bonds. The van der Waals surface area contributed by atoms with Gasteiger partial charge in [-0.3, -0.25) is 0 Å². The molecule has 0 bridgehead atoms. The summed E-state index contributed by atoms with van der Waals surface area (Å²) in [7, 11) is 0. The molecule has 3 unspecified atom stereocenters. The van der Waals surface area contributed by atoms with Crippen molar-refractivity contribution in [2.75, 3.05) is 0 Å². The molecule has 0 aromatic heterocycles. The number of aryl methyl sites for hydroxylation is 2. The molecule has 0 heteroatoms. The minimum atomic E-state index is 0.464. The third-order valence-electron chi connectivity index (χ3n) is 5.62. The maximum absolute atomic E-state index is 2.47. The maximum Gasteiger partial charge on any atom is 0.00152 e. The fourth-order valence-electron chi connectivity index (χ4n) is 4.36. The van der Waals surface area contributed by atoms with Gasteiger partial charge in [0.1, 0.15) is 0 Å². The van der Waals surface area contributed by atoms with Gasteiger partial charge in [-0.25, -0.2) is 0 Å².